The van der Waals surface area contributed by atoms with Crippen LogP contribution >= 0.6 is 11.8 Å². The maximum atomic E-state index is 11.4. The first kappa shape index (κ1) is 15.3. The second-order valence-corrected chi connectivity index (χ2v) is 6.50. The third-order valence-electron chi connectivity index (χ3n) is 1.41. The molecule has 0 saturated heterocycles. The van der Waals surface area contributed by atoms with E-state index in [1.54, 1.807) is 13.8 Å². The van der Waals surface area contributed by atoms with Crippen LogP contribution in [0.1, 0.15) is 41.5 Å². The molecule has 0 fully saturated rings. The zero-order valence-electron chi connectivity index (χ0n) is 10.7. The van der Waals surface area contributed by atoms with Crippen LogP contribution in [0.5, 0.6) is 0 Å². The minimum Gasteiger partial charge on any atom is -0.425 e. The number of carbonyl (C=O) groups is 2. The van der Waals surface area contributed by atoms with E-state index in [1.807, 2.05) is 20.8 Å². The molecule has 94 valence electrons. The molecule has 0 aromatic carbocycles. The third kappa shape index (κ3) is 7.56. The Bertz CT molecular complexity index is 255. The lowest BCUT2D eigenvalue weighted by Crippen LogP contribution is -2.24. The first-order valence-corrected chi connectivity index (χ1v) is 6.03. The Morgan fingerprint density at radius 2 is 1.56 bits per heavy atom. The van der Waals surface area contributed by atoms with Gasteiger partial charge in [0.25, 0.3) is 0 Å². The summed E-state index contributed by atoms with van der Waals surface area (Å²) in [5.74, 6) is -0.600. The lowest BCUT2D eigenvalue weighted by atomic mass is 10.2. The van der Waals surface area contributed by atoms with Gasteiger partial charge >= 0.3 is 11.3 Å². The topological polar surface area (TPSA) is 52.6 Å². The summed E-state index contributed by atoms with van der Waals surface area (Å²) in [6.45, 7) is 10.7. The van der Waals surface area contributed by atoms with Crippen molar-refractivity contribution in [2.45, 2.75) is 52.6 Å². The largest absolute Gasteiger partial charge is 0.425 e. The van der Waals surface area contributed by atoms with Crippen molar-refractivity contribution < 1.29 is 19.1 Å². The summed E-state index contributed by atoms with van der Waals surface area (Å²) >= 11 is 1.07. The van der Waals surface area contributed by atoms with Crippen LogP contribution in [0.3, 0.4) is 0 Å². The Morgan fingerprint density at radius 1 is 1.06 bits per heavy atom. The molecule has 0 saturated carbocycles. The van der Waals surface area contributed by atoms with Crippen molar-refractivity contribution in [3.63, 3.8) is 0 Å². The molecule has 0 aliphatic heterocycles. The van der Waals surface area contributed by atoms with Crippen LogP contribution in [-0.4, -0.2) is 22.3 Å². The molecule has 0 aliphatic rings. The molecular weight excluding hydrogens is 228 g/mol. The van der Waals surface area contributed by atoms with Gasteiger partial charge in [0.15, 0.2) is 0 Å². The highest BCUT2D eigenvalue weighted by Crippen LogP contribution is 2.25. The van der Waals surface area contributed by atoms with E-state index in [9.17, 15) is 9.59 Å². The smallest absolute Gasteiger partial charge is 0.370 e. The monoisotopic (exact) mass is 248 g/mol. The van der Waals surface area contributed by atoms with Crippen molar-refractivity contribution in [3.8, 4) is 0 Å². The van der Waals surface area contributed by atoms with Gasteiger partial charge in [0.05, 0.1) is 5.92 Å². The Kier molecular flexibility index (Phi) is 5.86. The molecule has 0 N–H and O–H groups in total. The lowest BCUT2D eigenvalue weighted by Gasteiger charge is -2.19. The number of carbonyl (C=O) groups excluding carboxylic acids is 2. The van der Waals surface area contributed by atoms with Crippen LogP contribution in [0.2, 0.25) is 0 Å². The second-order valence-electron chi connectivity index (χ2n) is 4.74. The molecule has 0 aromatic rings. The minimum absolute atomic E-state index is 0.209. The van der Waals surface area contributed by atoms with Crippen molar-refractivity contribution in [1.29, 1.82) is 0 Å². The Morgan fingerprint density at radius 3 is 1.94 bits per heavy atom. The van der Waals surface area contributed by atoms with Gasteiger partial charge in [-0.15, -0.1) is 0 Å². The number of thioether (sulfide) groups is 1. The summed E-state index contributed by atoms with van der Waals surface area (Å²) in [6.07, 6.45) is -0.836. The molecule has 0 radical (unpaired) electrons. The van der Waals surface area contributed by atoms with Crippen LogP contribution < -0.4 is 0 Å². The fourth-order valence-corrected chi connectivity index (χ4v) is 1.42. The fourth-order valence-electron chi connectivity index (χ4n) is 0.733. The summed E-state index contributed by atoms with van der Waals surface area (Å²) in [4.78, 5) is 22.6. The average Bonchev–Trinajstić information content (AvgIpc) is 1.98. The van der Waals surface area contributed by atoms with E-state index in [0.717, 1.165) is 11.8 Å². The van der Waals surface area contributed by atoms with Crippen LogP contribution in [-0.2, 0) is 14.3 Å². The van der Waals surface area contributed by atoms with Gasteiger partial charge in [0, 0.05) is 11.7 Å². The summed E-state index contributed by atoms with van der Waals surface area (Å²) in [6, 6.07) is 0. The van der Waals surface area contributed by atoms with E-state index in [4.69, 9.17) is 9.47 Å². The van der Waals surface area contributed by atoms with Crippen LogP contribution in [0, 0.1) is 5.92 Å². The molecule has 0 amide bonds. The van der Waals surface area contributed by atoms with E-state index < -0.39 is 11.6 Å². The standard InChI is InChI=1S/C11H20O4S/c1-7(2)9(12)14-8(3)15-10(13)16-11(4,5)6/h7-8H,1-6H3. The first-order valence-electron chi connectivity index (χ1n) is 5.22. The number of ether oxygens (including phenoxy) is 2. The molecule has 5 heteroatoms. The van der Waals surface area contributed by atoms with E-state index in [-0.39, 0.29) is 16.6 Å². The fraction of sp³-hybridized carbons (Fsp3) is 0.818. The number of hydrogen-bond donors (Lipinski definition) is 0. The average molecular weight is 248 g/mol. The normalized spacial score (nSPS) is 13.4. The number of hydrogen-bond acceptors (Lipinski definition) is 5. The molecule has 1 unspecified atom stereocenters. The molecule has 0 rings (SSSR count). The zero-order valence-corrected chi connectivity index (χ0v) is 11.5. The molecule has 4 nitrogen and oxygen atoms in total. The Labute approximate surface area is 101 Å². The zero-order chi connectivity index (χ0) is 12.9. The lowest BCUT2D eigenvalue weighted by molar-refractivity contribution is -0.167. The molecule has 0 bridgehead atoms. The van der Waals surface area contributed by atoms with Gasteiger partial charge in [-0.3, -0.25) is 4.79 Å². The van der Waals surface area contributed by atoms with Gasteiger partial charge in [-0.25, -0.2) is 4.79 Å². The van der Waals surface area contributed by atoms with Crippen molar-refractivity contribution in [2.24, 2.45) is 5.92 Å². The molecular formula is C11H20O4S. The molecule has 0 spiro atoms. The molecule has 1 atom stereocenters. The van der Waals surface area contributed by atoms with E-state index >= 15 is 0 Å². The summed E-state index contributed by atoms with van der Waals surface area (Å²) < 4.78 is 9.62. The molecule has 16 heavy (non-hydrogen) atoms. The summed E-state index contributed by atoms with van der Waals surface area (Å²) in [7, 11) is 0. The first-order chi connectivity index (χ1) is 7.11. The highest BCUT2D eigenvalue weighted by Gasteiger charge is 2.21. The van der Waals surface area contributed by atoms with Crippen molar-refractivity contribution in [1.82, 2.24) is 0 Å². The van der Waals surface area contributed by atoms with E-state index in [1.165, 1.54) is 6.92 Å². The second kappa shape index (κ2) is 6.13. The van der Waals surface area contributed by atoms with Crippen LogP contribution in [0.4, 0.5) is 4.79 Å². The van der Waals surface area contributed by atoms with Crippen molar-refractivity contribution in [2.75, 3.05) is 0 Å². The maximum absolute atomic E-state index is 11.4. The van der Waals surface area contributed by atoms with Gasteiger partial charge in [-0.1, -0.05) is 34.6 Å². The molecule has 0 aliphatic carbocycles. The van der Waals surface area contributed by atoms with Gasteiger partial charge in [0.1, 0.15) is 0 Å². The molecule has 0 heterocycles. The van der Waals surface area contributed by atoms with Gasteiger partial charge in [0.2, 0.25) is 6.29 Å². The van der Waals surface area contributed by atoms with E-state index in [2.05, 4.69) is 0 Å². The third-order valence-corrected chi connectivity index (χ3v) is 2.28. The van der Waals surface area contributed by atoms with Gasteiger partial charge in [-0.05, 0) is 11.8 Å². The van der Waals surface area contributed by atoms with Crippen LogP contribution in [0.15, 0.2) is 0 Å². The SMILES string of the molecule is CC(OC(=O)SC(C)(C)C)OC(=O)C(C)C. The predicted molar refractivity (Wildman–Crippen MR) is 64.2 cm³/mol. The van der Waals surface area contributed by atoms with Crippen molar-refractivity contribution in [3.05, 3.63) is 0 Å². The quantitative estimate of drug-likeness (QED) is 0.567. The van der Waals surface area contributed by atoms with E-state index in [0.29, 0.717) is 0 Å². The van der Waals surface area contributed by atoms with Crippen LogP contribution in [0.25, 0.3) is 0 Å². The number of esters is 1. The maximum Gasteiger partial charge on any atom is 0.370 e. The van der Waals surface area contributed by atoms with Gasteiger partial charge < -0.3 is 9.47 Å². The van der Waals surface area contributed by atoms with Crippen molar-refractivity contribution >= 4 is 23.0 Å². The molecule has 0 aromatic heterocycles. The Hall–Kier alpha value is -0.710. The summed E-state index contributed by atoms with van der Waals surface area (Å²) in [5, 5.41) is -0.434. The van der Waals surface area contributed by atoms with Gasteiger partial charge in [-0.2, -0.15) is 0 Å². The minimum atomic E-state index is -0.836. The Balaban J connectivity index is 4.01. The number of rotatable bonds is 3. The summed E-state index contributed by atoms with van der Waals surface area (Å²) in [5.41, 5.74) is 0. The predicted octanol–water partition coefficient (Wildman–Crippen LogP) is 3.20. The highest BCUT2D eigenvalue weighted by atomic mass is 32.2. The highest BCUT2D eigenvalue weighted by molar-refractivity contribution is 8.14.